The molecule has 0 aromatic heterocycles. The first-order valence-electron chi connectivity index (χ1n) is 6.65. The van der Waals surface area contributed by atoms with Gasteiger partial charge in [0, 0.05) is 23.4 Å². The summed E-state index contributed by atoms with van der Waals surface area (Å²) in [6.45, 7) is 0. The molecule has 2 aromatic carbocycles. The number of benzene rings is 2. The van der Waals surface area contributed by atoms with Crippen molar-refractivity contribution in [2.45, 2.75) is 6.04 Å². The van der Waals surface area contributed by atoms with Crippen LogP contribution in [-0.2, 0) is 4.79 Å². The van der Waals surface area contributed by atoms with Crippen molar-refractivity contribution in [1.29, 1.82) is 0 Å². The highest BCUT2D eigenvalue weighted by atomic mass is 16.5. The van der Waals surface area contributed by atoms with Gasteiger partial charge in [0.05, 0.1) is 7.11 Å². The molecule has 1 heterocycles. The van der Waals surface area contributed by atoms with Gasteiger partial charge in [-0.1, -0.05) is 12.1 Å². The lowest BCUT2D eigenvalue weighted by Crippen LogP contribution is -2.23. The van der Waals surface area contributed by atoms with Gasteiger partial charge < -0.3 is 20.1 Å². The van der Waals surface area contributed by atoms with Gasteiger partial charge in [-0.05, 0) is 25.2 Å². The van der Waals surface area contributed by atoms with Gasteiger partial charge in [0.15, 0.2) is 0 Å². The predicted octanol–water partition coefficient (Wildman–Crippen LogP) is 2.70. The van der Waals surface area contributed by atoms with Crippen LogP contribution in [0, 0.1) is 0 Å². The summed E-state index contributed by atoms with van der Waals surface area (Å²) in [5.41, 5.74) is 1.71. The van der Waals surface area contributed by atoms with Crippen molar-refractivity contribution in [2.24, 2.45) is 0 Å². The van der Waals surface area contributed by atoms with Crippen molar-refractivity contribution >= 4 is 11.6 Å². The molecule has 1 amide bonds. The van der Waals surface area contributed by atoms with Crippen LogP contribution in [0.25, 0.3) is 0 Å². The van der Waals surface area contributed by atoms with E-state index in [9.17, 15) is 4.79 Å². The molecule has 21 heavy (non-hydrogen) atoms. The van der Waals surface area contributed by atoms with E-state index in [-0.39, 0.29) is 11.9 Å². The highest BCUT2D eigenvalue weighted by molar-refractivity contribution is 6.02. The standard InChI is InChI=1S/C16H16N2O3/c1-17-15-13-7-6-12(9-14(13)18-16(15)19)21-11-5-3-4-10(8-11)20-2/h3-9,15,17H,1-2H3,(H,18,19). The molecule has 0 saturated heterocycles. The normalized spacial score (nSPS) is 16.3. The molecule has 108 valence electrons. The zero-order valence-corrected chi connectivity index (χ0v) is 11.8. The Kier molecular flexibility index (Phi) is 3.50. The van der Waals surface area contributed by atoms with Gasteiger partial charge >= 0.3 is 0 Å². The number of amides is 1. The maximum Gasteiger partial charge on any atom is 0.246 e. The first kappa shape index (κ1) is 13.5. The number of fused-ring (bicyclic) bond motifs is 1. The van der Waals surface area contributed by atoms with E-state index in [1.807, 2.05) is 42.5 Å². The van der Waals surface area contributed by atoms with Crippen molar-refractivity contribution in [3.63, 3.8) is 0 Å². The summed E-state index contributed by atoms with van der Waals surface area (Å²) in [4.78, 5) is 11.8. The second-order valence-corrected chi connectivity index (χ2v) is 4.74. The van der Waals surface area contributed by atoms with Crippen LogP contribution in [-0.4, -0.2) is 20.1 Å². The van der Waals surface area contributed by atoms with E-state index in [4.69, 9.17) is 9.47 Å². The third kappa shape index (κ3) is 2.55. The van der Waals surface area contributed by atoms with Gasteiger partial charge in [0.2, 0.25) is 5.91 Å². The van der Waals surface area contributed by atoms with Gasteiger partial charge in [0.25, 0.3) is 0 Å². The fraction of sp³-hybridized carbons (Fsp3) is 0.188. The van der Waals surface area contributed by atoms with Crippen LogP contribution in [0.5, 0.6) is 17.2 Å². The largest absolute Gasteiger partial charge is 0.497 e. The van der Waals surface area contributed by atoms with Crippen LogP contribution in [0.3, 0.4) is 0 Å². The second kappa shape index (κ2) is 5.46. The van der Waals surface area contributed by atoms with Crippen LogP contribution in [0.2, 0.25) is 0 Å². The smallest absolute Gasteiger partial charge is 0.246 e. The molecule has 1 unspecified atom stereocenters. The molecular formula is C16H16N2O3. The molecule has 5 nitrogen and oxygen atoms in total. The summed E-state index contributed by atoms with van der Waals surface area (Å²) in [6.07, 6.45) is 0. The van der Waals surface area contributed by atoms with Gasteiger partial charge in [-0.3, -0.25) is 4.79 Å². The van der Waals surface area contributed by atoms with Crippen molar-refractivity contribution in [1.82, 2.24) is 5.32 Å². The molecule has 0 spiro atoms. The number of hydrogen-bond acceptors (Lipinski definition) is 4. The van der Waals surface area contributed by atoms with E-state index in [0.717, 1.165) is 17.0 Å². The maximum atomic E-state index is 11.8. The van der Waals surface area contributed by atoms with Gasteiger partial charge in [-0.2, -0.15) is 0 Å². The number of carbonyl (C=O) groups excluding carboxylic acids is 1. The van der Waals surface area contributed by atoms with E-state index >= 15 is 0 Å². The van der Waals surface area contributed by atoms with Gasteiger partial charge in [-0.25, -0.2) is 0 Å². The number of hydrogen-bond donors (Lipinski definition) is 2. The Balaban J connectivity index is 1.85. The monoisotopic (exact) mass is 284 g/mol. The summed E-state index contributed by atoms with van der Waals surface area (Å²) < 4.78 is 11.0. The first-order chi connectivity index (χ1) is 10.2. The number of anilines is 1. The molecule has 5 heteroatoms. The summed E-state index contributed by atoms with van der Waals surface area (Å²) >= 11 is 0. The van der Waals surface area contributed by atoms with Crippen molar-refractivity contribution < 1.29 is 14.3 Å². The van der Waals surface area contributed by atoms with Crippen LogP contribution in [0.4, 0.5) is 5.69 Å². The molecule has 0 fully saturated rings. The molecule has 1 aliphatic rings. The number of ether oxygens (including phenoxy) is 2. The Morgan fingerprint density at radius 1 is 1.10 bits per heavy atom. The van der Waals surface area contributed by atoms with Crippen LogP contribution >= 0.6 is 0 Å². The zero-order valence-electron chi connectivity index (χ0n) is 11.8. The minimum Gasteiger partial charge on any atom is -0.497 e. The number of carbonyl (C=O) groups is 1. The van der Waals surface area contributed by atoms with Gasteiger partial charge in [0.1, 0.15) is 23.3 Å². The lowest BCUT2D eigenvalue weighted by molar-refractivity contribution is -0.117. The zero-order chi connectivity index (χ0) is 14.8. The average molecular weight is 284 g/mol. The molecule has 2 aromatic rings. The van der Waals surface area contributed by atoms with Crippen molar-refractivity contribution in [3.05, 3.63) is 48.0 Å². The molecule has 0 aliphatic carbocycles. The van der Waals surface area contributed by atoms with Crippen LogP contribution < -0.4 is 20.1 Å². The lowest BCUT2D eigenvalue weighted by Gasteiger charge is -2.10. The third-order valence-electron chi connectivity index (χ3n) is 3.42. The topological polar surface area (TPSA) is 59.6 Å². The van der Waals surface area contributed by atoms with E-state index in [2.05, 4.69) is 10.6 Å². The Labute approximate surface area is 122 Å². The SMILES string of the molecule is CNC1C(=O)Nc2cc(Oc3cccc(OC)c3)ccc21. The maximum absolute atomic E-state index is 11.8. The summed E-state index contributed by atoms with van der Waals surface area (Å²) in [6, 6.07) is 12.6. The van der Waals surface area contributed by atoms with E-state index in [0.29, 0.717) is 11.5 Å². The third-order valence-corrected chi connectivity index (χ3v) is 3.42. The predicted molar refractivity (Wildman–Crippen MR) is 79.9 cm³/mol. The number of methoxy groups -OCH3 is 1. The summed E-state index contributed by atoms with van der Waals surface area (Å²) in [5, 5.41) is 5.83. The number of rotatable bonds is 4. The molecule has 2 N–H and O–H groups in total. The van der Waals surface area contributed by atoms with Crippen LogP contribution in [0.1, 0.15) is 11.6 Å². The quantitative estimate of drug-likeness (QED) is 0.906. The Bertz CT molecular complexity index is 685. The molecule has 0 bridgehead atoms. The highest BCUT2D eigenvalue weighted by Gasteiger charge is 2.29. The average Bonchev–Trinajstić information content (AvgIpc) is 2.81. The summed E-state index contributed by atoms with van der Waals surface area (Å²) in [5.74, 6) is 2.03. The second-order valence-electron chi connectivity index (χ2n) is 4.74. The van der Waals surface area contributed by atoms with E-state index in [1.165, 1.54) is 0 Å². The Morgan fingerprint density at radius 3 is 2.62 bits per heavy atom. The highest BCUT2D eigenvalue weighted by Crippen LogP contribution is 2.35. The molecule has 0 saturated carbocycles. The van der Waals surface area contributed by atoms with Crippen LogP contribution in [0.15, 0.2) is 42.5 Å². The fourth-order valence-electron chi connectivity index (χ4n) is 2.39. The molecule has 1 atom stereocenters. The fourth-order valence-corrected chi connectivity index (χ4v) is 2.39. The summed E-state index contributed by atoms with van der Waals surface area (Å²) in [7, 11) is 3.38. The van der Waals surface area contributed by atoms with Gasteiger partial charge in [-0.15, -0.1) is 0 Å². The lowest BCUT2D eigenvalue weighted by atomic mass is 10.1. The first-order valence-corrected chi connectivity index (χ1v) is 6.65. The van der Waals surface area contributed by atoms with Crippen molar-refractivity contribution in [3.8, 4) is 17.2 Å². The number of nitrogens with one attached hydrogen (secondary N) is 2. The Hall–Kier alpha value is -2.53. The molecular weight excluding hydrogens is 268 g/mol. The van der Waals surface area contributed by atoms with E-state index < -0.39 is 0 Å². The molecule has 1 aliphatic heterocycles. The van der Waals surface area contributed by atoms with Crippen molar-refractivity contribution in [2.75, 3.05) is 19.5 Å². The molecule has 3 rings (SSSR count). The minimum absolute atomic E-state index is 0.0500. The minimum atomic E-state index is -0.300. The van der Waals surface area contributed by atoms with E-state index in [1.54, 1.807) is 14.2 Å². The number of likely N-dealkylation sites (N-methyl/N-ethyl adjacent to an activating group) is 1. The molecule has 0 radical (unpaired) electrons. The Morgan fingerprint density at radius 2 is 1.86 bits per heavy atom.